The maximum atomic E-state index is 9.28. The lowest BCUT2D eigenvalue weighted by molar-refractivity contribution is -0.0348. The van der Waals surface area contributed by atoms with Crippen LogP contribution in [0.25, 0.3) is 0 Å². The van der Waals surface area contributed by atoms with Crippen LogP contribution < -0.4 is 5.32 Å². The standard InChI is InChI=1S/C13H27NO2/c1-10-5-11(2)7-12(6-10)16-9-13(3,8-15)14-4/h10-12,14-15H,5-9H2,1-4H3. The highest BCUT2D eigenvalue weighted by molar-refractivity contribution is 4.82. The van der Waals surface area contributed by atoms with Gasteiger partial charge in [-0.25, -0.2) is 0 Å². The van der Waals surface area contributed by atoms with Gasteiger partial charge in [-0.15, -0.1) is 0 Å². The van der Waals surface area contributed by atoms with E-state index in [1.807, 2.05) is 14.0 Å². The highest BCUT2D eigenvalue weighted by Gasteiger charge is 2.28. The Morgan fingerprint density at radius 2 is 1.81 bits per heavy atom. The van der Waals surface area contributed by atoms with Crippen molar-refractivity contribution >= 4 is 0 Å². The molecule has 1 saturated carbocycles. The number of ether oxygens (including phenoxy) is 1. The number of aliphatic hydroxyl groups is 1. The zero-order chi connectivity index (χ0) is 12.2. The van der Waals surface area contributed by atoms with Gasteiger partial charge in [0.25, 0.3) is 0 Å². The van der Waals surface area contributed by atoms with Gasteiger partial charge in [0, 0.05) is 0 Å². The summed E-state index contributed by atoms with van der Waals surface area (Å²) in [4.78, 5) is 0. The van der Waals surface area contributed by atoms with Crippen LogP contribution in [0.1, 0.15) is 40.0 Å². The second-order valence-electron chi connectivity index (χ2n) is 5.82. The molecule has 0 aromatic carbocycles. The summed E-state index contributed by atoms with van der Waals surface area (Å²) in [5, 5.41) is 12.4. The normalized spacial score (nSPS) is 34.7. The van der Waals surface area contributed by atoms with Gasteiger partial charge >= 0.3 is 0 Å². The van der Waals surface area contributed by atoms with Crippen molar-refractivity contribution in [2.75, 3.05) is 20.3 Å². The molecule has 0 saturated heterocycles. The summed E-state index contributed by atoms with van der Waals surface area (Å²) in [6.07, 6.45) is 4.02. The molecule has 0 radical (unpaired) electrons. The Bertz CT molecular complexity index is 194. The first-order chi connectivity index (χ1) is 7.49. The van der Waals surface area contributed by atoms with Crippen molar-refractivity contribution in [3.63, 3.8) is 0 Å². The van der Waals surface area contributed by atoms with Gasteiger partial charge < -0.3 is 15.2 Å². The van der Waals surface area contributed by atoms with E-state index < -0.39 is 0 Å². The average molecular weight is 229 g/mol. The minimum Gasteiger partial charge on any atom is -0.394 e. The molecule has 0 aromatic heterocycles. The lowest BCUT2D eigenvalue weighted by atomic mass is 9.82. The fraction of sp³-hybridized carbons (Fsp3) is 1.00. The van der Waals surface area contributed by atoms with Crippen LogP contribution in [0.5, 0.6) is 0 Å². The molecule has 0 spiro atoms. The van der Waals surface area contributed by atoms with Gasteiger partial charge in [-0.2, -0.15) is 0 Å². The molecule has 0 aliphatic heterocycles. The molecule has 1 aliphatic carbocycles. The van der Waals surface area contributed by atoms with E-state index in [2.05, 4.69) is 19.2 Å². The Hall–Kier alpha value is -0.120. The van der Waals surface area contributed by atoms with Crippen LogP contribution >= 0.6 is 0 Å². The second kappa shape index (κ2) is 5.99. The highest BCUT2D eigenvalue weighted by atomic mass is 16.5. The van der Waals surface area contributed by atoms with Crippen molar-refractivity contribution in [3.8, 4) is 0 Å². The quantitative estimate of drug-likeness (QED) is 0.755. The molecule has 0 bridgehead atoms. The number of likely N-dealkylation sites (N-methyl/N-ethyl adjacent to an activating group) is 1. The molecule has 96 valence electrons. The maximum absolute atomic E-state index is 9.28. The maximum Gasteiger partial charge on any atom is 0.0671 e. The summed E-state index contributed by atoms with van der Waals surface area (Å²) in [6, 6.07) is 0. The summed E-state index contributed by atoms with van der Waals surface area (Å²) in [6.45, 7) is 7.29. The molecule has 1 aliphatic rings. The minimum absolute atomic E-state index is 0.112. The first-order valence-corrected chi connectivity index (χ1v) is 6.40. The lowest BCUT2D eigenvalue weighted by Gasteiger charge is -2.34. The van der Waals surface area contributed by atoms with Gasteiger partial charge in [0.1, 0.15) is 0 Å². The SMILES string of the molecule is CNC(C)(CO)COC1CC(C)CC(C)C1. The monoisotopic (exact) mass is 229 g/mol. The van der Waals surface area contributed by atoms with E-state index in [0.717, 1.165) is 24.7 Å². The summed E-state index contributed by atoms with van der Waals surface area (Å²) >= 11 is 0. The third kappa shape index (κ3) is 4.04. The van der Waals surface area contributed by atoms with E-state index in [4.69, 9.17) is 4.74 Å². The van der Waals surface area contributed by atoms with Crippen LogP contribution in [0.15, 0.2) is 0 Å². The Kier molecular flexibility index (Phi) is 5.22. The van der Waals surface area contributed by atoms with Crippen LogP contribution in [0.4, 0.5) is 0 Å². The molecule has 3 heteroatoms. The number of hydrogen-bond donors (Lipinski definition) is 2. The smallest absolute Gasteiger partial charge is 0.0671 e. The fourth-order valence-corrected chi connectivity index (χ4v) is 2.51. The van der Waals surface area contributed by atoms with Gasteiger partial charge in [-0.05, 0) is 45.1 Å². The van der Waals surface area contributed by atoms with E-state index in [-0.39, 0.29) is 12.1 Å². The largest absolute Gasteiger partial charge is 0.394 e. The Labute approximate surface area is 99.6 Å². The zero-order valence-corrected chi connectivity index (χ0v) is 11.1. The van der Waals surface area contributed by atoms with E-state index in [1.54, 1.807) is 0 Å². The predicted molar refractivity (Wildman–Crippen MR) is 66.5 cm³/mol. The van der Waals surface area contributed by atoms with Crippen LogP contribution in [-0.4, -0.2) is 37.0 Å². The Morgan fingerprint density at radius 3 is 2.25 bits per heavy atom. The summed E-state index contributed by atoms with van der Waals surface area (Å²) in [5.74, 6) is 1.53. The number of hydrogen-bond acceptors (Lipinski definition) is 3. The van der Waals surface area contributed by atoms with Crippen LogP contribution in [0, 0.1) is 11.8 Å². The van der Waals surface area contributed by atoms with Gasteiger partial charge in [0.15, 0.2) is 0 Å². The van der Waals surface area contributed by atoms with Gasteiger partial charge in [-0.1, -0.05) is 13.8 Å². The molecular weight excluding hydrogens is 202 g/mol. The van der Waals surface area contributed by atoms with Crippen molar-refractivity contribution in [1.29, 1.82) is 0 Å². The average Bonchev–Trinajstić information content (AvgIpc) is 2.25. The Balaban J connectivity index is 2.36. The number of rotatable bonds is 5. The Morgan fingerprint density at radius 1 is 1.25 bits per heavy atom. The van der Waals surface area contributed by atoms with Crippen molar-refractivity contribution in [3.05, 3.63) is 0 Å². The molecule has 3 atom stereocenters. The van der Waals surface area contributed by atoms with Crippen molar-refractivity contribution in [2.24, 2.45) is 11.8 Å². The summed E-state index contributed by atoms with van der Waals surface area (Å²) in [7, 11) is 1.87. The molecular formula is C13H27NO2. The lowest BCUT2D eigenvalue weighted by Crippen LogP contribution is -2.48. The fourth-order valence-electron chi connectivity index (χ4n) is 2.51. The minimum atomic E-state index is -0.302. The van der Waals surface area contributed by atoms with E-state index >= 15 is 0 Å². The van der Waals surface area contributed by atoms with Gasteiger partial charge in [0.05, 0.1) is 24.9 Å². The molecule has 2 N–H and O–H groups in total. The molecule has 3 unspecified atom stereocenters. The third-order valence-electron chi connectivity index (χ3n) is 3.73. The zero-order valence-electron chi connectivity index (χ0n) is 11.1. The number of aliphatic hydroxyl groups excluding tert-OH is 1. The van der Waals surface area contributed by atoms with Crippen molar-refractivity contribution < 1.29 is 9.84 Å². The molecule has 0 amide bonds. The van der Waals surface area contributed by atoms with Crippen LogP contribution in [0.2, 0.25) is 0 Å². The van der Waals surface area contributed by atoms with E-state index in [9.17, 15) is 5.11 Å². The summed E-state index contributed by atoms with van der Waals surface area (Å²) in [5.41, 5.74) is -0.302. The first kappa shape index (κ1) is 13.9. The topological polar surface area (TPSA) is 41.5 Å². The molecule has 1 rings (SSSR count). The molecule has 1 fully saturated rings. The highest BCUT2D eigenvalue weighted by Crippen LogP contribution is 2.30. The first-order valence-electron chi connectivity index (χ1n) is 6.40. The van der Waals surface area contributed by atoms with Crippen LogP contribution in [0.3, 0.4) is 0 Å². The van der Waals surface area contributed by atoms with Gasteiger partial charge in [-0.3, -0.25) is 0 Å². The van der Waals surface area contributed by atoms with Crippen LogP contribution in [-0.2, 0) is 4.74 Å². The van der Waals surface area contributed by atoms with E-state index in [1.165, 1.54) is 6.42 Å². The van der Waals surface area contributed by atoms with Gasteiger partial charge in [0.2, 0.25) is 0 Å². The van der Waals surface area contributed by atoms with E-state index in [0.29, 0.717) is 12.7 Å². The number of nitrogens with one attached hydrogen (secondary N) is 1. The molecule has 0 aromatic rings. The molecule has 3 nitrogen and oxygen atoms in total. The molecule has 0 heterocycles. The third-order valence-corrected chi connectivity index (χ3v) is 3.73. The van der Waals surface area contributed by atoms with Crippen molar-refractivity contribution in [1.82, 2.24) is 5.32 Å². The van der Waals surface area contributed by atoms with Crippen molar-refractivity contribution in [2.45, 2.75) is 51.7 Å². The molecule has 16 heavy (non-hydrogen) atoms. The second-order valence-corrected chi connectivity index (χ2v) is 5.82. The predicted octanol–water partition coefficient (Wildman–Crippen LogP) is 1.80. The summed E-state index contributed by atoms with van der Waals surface area (Å²) < 4.78 is 5.95.